The predicted molar refractivity (Wildman–Crippen MR) is 54.3 cm³/mol. The fraction of sp³-hybridized carbons (Fsp3) is 1.00. The standard InChI is InChI=1S/2C5H11.Al/c2*1-5(2,3)4;/h2*1H2,2-4H3;/q;;+1. The van der Waals surface area contributed by atoms with Gasteiger partial charge in [-0.15, -0.1) is 0 Å². The Morgan fingerprint density at radius 3 is 1.18 bits per heavy atom. The molecule has 0 nitrogen and oxygen atoms in total. The van der Waals surface area contributed by atoms with E-state index in [1.807, 2.05) is 0 Å². The molecule has 0 amide bonds. The van der Waals surface area contributed by atoms with Crippen molar-refractivity contribution in [3.05, 3.63) is 0 Å². The van der Waals surface area contributed by atoms with Crippen molar-refractivity contribution in [1.82, 2.24) is 0 Å². The molecule has 0 atom stereocenters. The van der Waals surface area contributed by atoms with Gasteiger partial charge < -0.3 is 0 Å². The SMILES string of the molecule is CC(C)(C)[CH2][Al+][CH2]C(C)(C)C. The Balaban J connectivity index is 3.44. The zero-order chi connectivity index (χ0) is 9.12. The van der Waals surface area contributed by atoms with E-state index in [1.165, 1.54) is 10.6 Å². The number of rotatable bonds is 2. The van der Waals surface area contributed by atoms with E-state index in [0.29, 0.717) is 26.0 Å². The Bertz CT molecular complexity index is 89.0. The van der Waals surface area contributed by atoms with Gasteiger partial charge in [-0.1, -0.05) is 0 Å². The van der Waals surface area contributed by atoms with Crippen LogP contribution < -0.4 is 0 Å². The molecular weight excluding hydrogens is 147 g/mol. The van der Waals surface area contributed by atoms with Gasteiger partial charge in [-0.25, -0.2) is 0 Å². The molecule has 0 aromatic rings. The van der Waals surface area contributed by atoms with Gasteiger partial charge >= 0.3 is 78.2 Å². The molecule has 0 aromatic heterocycles. The van der Waals surface area contributed by atoms with Crippen LogP contribution in [0.4, 0.5) is 0 Å². The molecule has 0 radical (unpaired) electrons. The van der Waals surface area contributed by atoms with Gasteiger partial charge in [-0.3, -0.25) is 0 Å². The molecule has 0 saturated heterocycles. The molecule has 0 aliphatic heterocycles. The molecule has 0 N–H and O–H groups in total. The van der Waals surface area contributed by atoms with Crippen LogP contribution >= 0.6 is 0 Å². The minimum atomic E-state index is 0.556. The molecule has 0 spiro atoms. The fourth-order valence-electron chi connectivity index (χ4n) is 0.938. The van der Waals surface area contributed by atoms with Crippen molar-refractivity contribution in [2.24, 2.45) is 10.8 Å². The van der Waals surface area contributed by atoms with Crippen LogP contribution in [0, 0.1) is 10.8 Å². The number of hydrogen-bond acceptors (Lipinski definition) is 0. The summed E-state index contributed by atoms with van der Waals surface area (Å²) < 4.78 is 0. The quantitative estimate of drug-likeness (QED) is 0.554. The van der Waals surface area contributed by atoms with Crippen molar-refractivity contribution in [3.63, 3.8) is 0 Å². The third-order valence-corrected chi connectivity index (χ3v) is 4.54. The van der Waals surface area contributed by atoms with E-state index < -0.39 is 0 Å². The zero-order valence-electron chi connectivity index (χ0n) is 8.99. The molecule has 0 aliphatic rings. The van der Waals surface area contributed by atoms with E-state index in [2.05, 4.69) is 41.5 Å². The molecule has 64 valence electrons. The van der Waals surface area contributed by atoms with Gasteiger partial charge in [-0.05, 0) is 0 Å². The first kappa shape index (κ1) is 11.5. The summed E-state index contributed by atoms with van der Waals surface area (Å²) in [6.45, 7) is 14.0. The first-order chi connectivity index (χ1) is 4.71. The van der Waals surface area contributed by atoms with Crippen LogP contribution in [0.2, 0.25) is 10.6 Å². The third-order valence-electron chi connectivity index (χ3n) is 1.51. The summed E-state index contributed by atoms with van der Waals surface area (Å²) in [5, 5.41) is 2.87. The summed E-state index contributed by atoms with van der Waals surface area (Å²) in [7, 11) is 0. The van der Waals surface area contributed by atoms with Crippen LogP contribution in [0.3, 0.4) is 0 Å². The van der Waals surface area contributed by atoms with Crippen LogP contribution in [-0.2, 0) is 0 Å². The Hall–Kier alpha value is 0.532. The van der Waals surface area contributed by atoms with Crippen LogP contribution in [0.15, 0.2) is 0 Å². The fourth-order valence-corrected chi connectivity index (χ4v) is 2.81. The summed E-state index contributed by atoms with van der Waals surface area (Å²) in [6.07, 6.45) is 0. The Kier molecular flexibility index (Phi) is 4.16. The van der Waals surface area contributed by atoms with Crippen molar-refractivity contribution in [3.8, 4) is 0 Å². The predicted octanol–water partition coefficient (Wildman–Crippen LogP) is 3.62. The summed E-state index contributed by atoms with van der Waals surface area (Å²) in [5.41, 5.74) is 1.11. The molecular formula is C10H22Al+. The van der Waals surface area contributed by atoms with E-state index in [1.54, 1.807) is 0 Å². The molecule has 1 heteroatoms. The first-order valence-electron chi connectivity index (χ1n) is 4.52. The second kappa shape index (κ2) is 3.97. The van der Waals surface area contributed by atoms with Crippen molar-refractivity contribution in [1.29, 1.82) is 0 Å². The van der Waals surface area contributed by atoms with Gasteiger partial charge in [-0.2, -0.15) is 0 Å². The first-order valence-corrected chi connectivity index (χ1v) is 6.16. The summed E-state index contributed by atoms with van der Waals surface area (Å²) in [4.78, 5) is 0. The van der Waals surface area contributed by atoms with Crippen molar-refractivity contribution in [2.45, 2.75) is 52.1 Å². The van der Waals surface area contributed by atoms with E-state index >= 15 is 0 Å². The Morgan fingerprint density at radius 2 is 1.00 bits per heavy atom. The molecule has 0 aliphatic carbocycles. The van der Waals surface area contributed by atoms with Crippen LogP contribution in [0.25, 0.3) is 0 Å². The maximum absolute atomic E-state index is 2.34. The van der Waals surface area contributed by atoms with Gasteiger partial charge in [0.2, 0.25) is 0 Å². The van der Waals surface area contributed by atoms with Crippen molar-refractivity contribution >= 4 is 15.2 Å². The van der Waals surface area contributed by atoms with E-state index in [0.717, 1.165) is 0 Å². The molecule has 0 fully saturated rings. The van der Waals surface area contributed by atoms with Gasteiger partial charge in [0.1, 0.15) is 0 Å². The summed E-state index contributed by atoms with van der Waals surface area (Å²) in [5.74, 6) is 0. The van der Waals surface area contributed by atoms with Gasteiger partial charge in [0.25, 0.3) is 0 Å². The van der Waals surface area contributed by atoms with Gasteiger partial charge in [0, 0.05) is 0 Å². The molecule has 0 saturated carbocycles. The van der Waals surface area contributed by atoms with E-state index in [-0.39, 0.29) is 0 Å². The monoisotopic (exact) mass is 169 g/mol. The summed E-state index contributed by atoms with van der Waals surface area (Å²) in [6, 6.07) is 0. The van der Waals surface area contributed by atoms with Crippen molar-refractivity contribution in [2.75, 3.05) is 0 Å². The van der Waals surface area contributed by atoms with Crippen LogP contribution in [0.5, 0.6) is 0 Å². The average molecular weight is 169 g/mol. The van der Waals surface area contributed by atoms with E-state index in [9.17, 15) is 0 Å². The topological polar surface area (TPSA) is 0 Å². The minimum absolute atomic E-state index is 0.556. The second-order valence-electron chi connectivity index (χ2n) is 5.82. The molecule has 0 bridgehead atoms. The summed E-state index contributed by atoms with van der Waals surface area (Å²) >= 11 is 0.669. The molecule has 0 rings (SSSR count). The maximum atomic E-state index is 2.34. The zero-order valence-corrected chi connectivity index (χ0v) is 10.1. The third kappa shape index (κ3) is 10.5. The molecule has 0 heterocycles. The number of hydrogen-bond donors (Lipinski definition) is 0. The van der Waals surface area contributed by atoms with Crippen LogP contribution in [0.1, 0.15) is 41.5 Å². The molecule has 0 aromatic carbocycles. The van der Waals surface area contributed by atoms with Gasteiger partial charge in [0.05, 0.1) is 0 Å². The van der Waals surface area contributed by atoms with Crippen LogP contribution in [-0.4, -0.2) is 15.2 Å². The van der Waals surface area contributed by atoms with Gasteiger partial charge in [0.15, 0.2) is 0 Å². The van der Waals surface area contributed by atoms with E-state index in [4.69, 9.17) is 0 Å². The Labute approximate surface area is 78.5 Å². The normalized spacial score (nSPS) is 12.9. The average Bonchev–Trinajstić information content (AvgIpc) is 1.55. The Morgan fingerprint density at radius 1 is 0.727 bits per heavy atom. The molecule has 0 unspecified atom stereocenters. The molecule has 11 heavy (non-hydrogen) atoms. The van der Waals surface area contributed by atoms with Crippen molar-refractivity contribution < 1.29 is 0 Å². The second-order valence-corrected chi connectivity index (χ2v) is 7.21.